The van der Waals surface area contributed by atoms with E-state index in [9.17, 15) is 9.59 Å². The molecule has 1 aliphatic rings. The van der Waals surface area contributed by atoms with Gasteiger partial charge in [0.2, 0.25) is 0 Å². The van der Waals surface area contributed by atoms with Crippen molar-refractivity contribution in [1.82, 2.24) is 5.32 Å². The van der Waals surface area contributed by atoms with Crippen molar-refractivity contribution in [2.45, 2.75) is 6.92 Å². The second-order valence-electron chi connectivity index (χ2n) is 4.21. The zero-order chi connectivity index (χ0) is 16.1. The van der Waals surface area contributed by atoms with Crippen LogP contribution in [0.1, 0.15) is 12.5 Å². The number of thioether (sulfide) groups is 1. The molecule has 1 saturated heterocycles. The van der Waals surface area contributed by atoms with E-state index in [4.69, 9.17) is 21.1 Å². The molecule has 1 aromatic rings. The Bertz CT molecular complexity index is 657. The number of ether oxygens (including phenoxy) is 2. The molecule has 0 aromatic heterocycles. The van der Waals surface area contributed by atoms with E-state index in [1.165, 1.54) is 0 Å². The number of halogens is 1. The van der Waals surface area contributed by atoms with Crippen LogP contribution >= 0.6 is 23.4 Å². The summed E-state index contributed by atoms with van der Waals surface area (Å²) < 4.78 is 11.0. The van der Waals surface area contributed by atoms with Gasteiger partial charge in [-0.1, -0.05) is 24.3 Å². The zero-order valence-corrected chi connectivity index (χ0v) is 13.4. The maximum atomic E-state index is 11.6. The van der Waals surface area contributed by atoms with Crippen molar-refractivity contribution in [3.05, 3.63) is 40.3 Å². The van der Waals surface area contributed by atoms with Gasteiger partial charge in [0.1, 0.15) is 6.61 Å². The van der Waals surface area contributed by atoms with E-state index in [0.29, 0.717) is 40.2 Å². The highest BCUT2D eigenvalue weighted by Gasteiger charge is 2.25. The zero-order valence-electron chi connectivity index (χ0n) is 11.8. The summed E-state index contributed by atoms with van der Waals surface area (Å²) in [5.41, 5.74) is 0.645. The third kappa shape index (κ3) is 3.84. The Balaban J connectivity index is 2.37. The fraction of sp³-hybridized carbons (Fsp3) is 0.200. The quantitative estimate of drug-likeness (QED) is 0.633. The smallest absolute Gasteiger partial charge is 0.290 e. The van der Waals surface area contributed by atoms with E-state index in [1.807, 2.05) is 6.92 Å². The minimum atomic E-state index is -0.420. The third-order valence-electron chi connectivity index (χ3n) is 2.62. The average Bonchev–Trinajstić information content (AvgIpc) is 2.76. The van der Waals surface area contributed by atoms with Crippen LogP contribution in [0.3, 0.4) is 0 Å². The fourth-order valence-electron chi connectivity index (χ4n) is 1.79. The van der Waals surface area contributed by atoms with Crippen molar-refractivity contribution in [3.8, 4) is 11.5 Å². The van der Waals surface area contributed by atoms with Gasteiger partial charge in [0.05, 0.1) is 16.5 Å². The topological polar surface area (TPSA) is 64.6 Å². The van der Waals surface area contributed by atoms with Crippen molar-refractivity contribution in [3.63, 3.8) is 0 Å². The summed E-state index contributed by atoms with van der Waals surface area (Å²) in [6, 6.07) is 3.35. The maximum Gasteiger partial charge on any atom is 0.290 e. The Morgan fingerprint density at radius 2 is 2.14 bits per heavy atom. The van der Waals surface area contributed by atoms with Crippen molar-refractivity contribution in [2.75, 3.05) is 13.2 Å². The van der Waals surface area contributed by atoms with Crippen LogP contribution in [0.5, 0.6) is 11.5 Å². The molecular formula is C15H14ClNO4S. The first-order valence-corrected chi connectivity index (χ1v) is 7.69. The molecule has 0 unspecified atom stereocenters. The highest BCUT2D eigenvalue weighted by Crippen LogP contribution is 2.38. The molecule has 0 atom stereocenters. The monoisotopic (exact) mass is 339 g/mol. The summed E-state index contributed by atoms with van der Waals surface area (Å²) in [6.07, 6.45) is 3.18. The van der Waals surface area contributed by atoms with Crippen LogP contribution < -0.4 is 14.8 Å². The van der Waals surface area contributed by atoms with Crippen LogP contribution in [0.15, 0.2) is 29.7 Å². The number of carbonyl (C=O) groups excluding carboxylic acids is 2. The van der Waals surface area contributed by atoms with Crippen molar-refractivity contribution < 1.29 is 19.1 Å². The van der Waals surface area contributed by atoms with Crippen LogP contribution in [-0.2, 0) is 4.79 Å². The van der Waals surface area contributed by atoms with Crippen LogP contribution in [0.2, 0.25) is 5.02 Å². The average molecular weight is 340 g/mol. The van der Waals surface area contributed by atoms with Crippen LogP contribution in [0.4, 0.5) is 4.79 Å². The van der Waals surface area contributed by atoms with Crippen molar-refractivity contribution in [2.24, 2.45) is 0 Å². The summed E-state index contributed by atoms with van der Waals surface area (Å²) in [4.78, 5) is 23.1. The second-order valence-corrected chi connectivity index (χ2v) is 5.64. The Labute approximate surface area is 137 Å². The molecule has 1 fully saturated rings. The predicted octanol–water partition coefficient (Wildman–Crippen LogP) is 3.63. The fourth-order valence-corrected chi connectivity index (χ4v) is 2.74. The van der Waals surface area contributed by atoms with Crippen LogP contribution in [0.25, 0.3) is 6.08 Å². The molecule has 0 saturated carbocycles. The van der Waals surface area contributed by atoms with E-state index in [2.05, 4.69) is 11.9 Å². The molecule has 2 amide bonds. The molecule has 1 aliphatic heterocycles. The van der Waals surface area contributed by atoms with Gasteiger partial charge in [-0.15, -0.1) is 0 Å². The van der Waals surface area contributed by atoms with Crippen molar-refractivity contribution >= 4 is 40.6 Å². The van der Waals surface area contributed by atoms with E-state index in [1.54, 1.807) is 24.3 Å². The SMILES string of the molecule is C=CCOc1c(Cl)cc(/C=C2/SC(=O)NC2=O)cc1OCC. The number of rotatable bonds is 6. The number of hydrogen-bond donors (Lipinski definition) is 1. The first-order chi connectivity index (χ1) is 10.5. The Morgan fingerprint density at radius 1 is 1.36 bits per heavy atom. The largest absolute Gasteiger partial charge is 0.490 e. The minimum Gasteiger partial charge on any atom is -0.490 e. The lowest BCUT2D eigenvalue weighted by Gasteiger charge is -2.13. The Kier molecular flexibility index (Phi) is 5.51. The first kappa shape index (κ1) is 16.5. The standard InChI is InChI=1S/C15H14ClNO4S/c1-3-5-21-13-10(16)6-9(7-11(13)20-4-2)8-12-14(18)17-15(19)22-12/h3,6-8H,1,4-5H2,2H3,(H,17,18,19)/b12-8+. The summed E-state index contributed by atoms with van der Waals surface area (Å²) >= 11 is 7.06. The summed E-state index contributed by atoms with van der Waals surface area (Å²) in [7, 11) is 0. The lowest BCUT2D eigenvalue weighted by Crippen LogP contribution is -2.17. The van der Waals surface area contributed by atoms with E-state index in [-0.39, 0.29) is 0 Å². The van der Waals surface area contributed by atoms with Gasteiger partial charge in [-0.3, -0.25) is 14.9 Å². The number of imide groups is 1. The molecule has 0 bridgehead atoms. The number of benzene rings is 1. The summed E-state index contributed by atoms with van der Waals surface area (Å²) in [6.45, 7) is 6.17. The predicted molar refractivity (Wildman–Crippen MR) is 87.4 cm³/mol. The molecule has 2 rings (SSSR count). The molecule has 0 radical (unpaired) electrons. The number of amides is 2. The summed E-state index contributed by atoms with van der Waals surface area (Å²) in [5.74, 6) is 0.472. The van der Waals surface area contributed by atoms with E-state index >= 15 is 0 Å². The maximum absolute atomic E-state index is 11.6. The normalized spacial score (nSPS) is 15.8. The third-order valence-corrected chi connectivity index (χ3v) is 3.71. The molecule has 1 N–H and O–H groups in total. The Morgan fingerprint density at radius 3 is 2.73 bits per heavy atom. The number of hydrogen-bond acceptors (Lipinski definition) is 5. The van der Waals surface area contributed by atoms with Crippen molar-refractivity contribution in [1.29, 1.82) is 0 Å². The molecule has 22 heavy (non-hydrogen) atoms. The molecule has 0 spiro atoms. The van der Waals surface area contributed by atoms with Gasteiger partial charge in [0, 0.05) is 0 Å². The van der Waals surface area contributed by atoms with Crippen LogP contribution in [-0.4, -0.2) is 24.4 Å². The highest BCUT2D eigenvalue weighted by molar-refractivity contribution is 8.18. The minimum absolute atomic E-state index is 0.299. The number of carbonyl (C=O) groups is 2. The molecule has 5 nitrogen and oxygen atoms in total. The molecule has 7 heteroatoms. The Hall–Kier alpha value is -1.92. The second kappa shape index (κ2) is 7.38. The molecular weight excluding hydrogens is 326 g/mol. The van der Waals surface area contributed by atoms with Gasteiger partial charge in [-0.2, -0.15) is 0 Å². The van der Waals surface area contributed by atoms with Crippen LogP contribution in [0, 0.1) is 0 Å². The summed E-state index contributed by atoms with van der Waals surface area (Å²) in [5, 5.41) is 2.16. The molecule has 1 aromatic carbocycles. The van der Waals surface area contributed by atoms with Gasteiger partial charge in [-0.25, -0.2) is 0 Å². The van der Waals surface area contributed by atoms with Gasteiger partial charge in [-0.05, 0) is 42.5 Å². The number of nitrogens with one attached hydrogen (secondary N) is 1. The molecule has 1 heterocycles. The van der Waals surface area contributed by atoms with E-state index < -0.39 is 11.1 Å². The first-order valence-electron chi connectivity index (χ1n) is 6.50. The van der Waals surface area contributed by atoms with Gasteiger partial charge in [0.15, 0.2) is 11.5 Å². The van der Waals surface area contributed by atoms with Gasteiger partial charge in [0.25, 0.3) is 11.1 Å². The lowest BCUT2D eigenvalue weighted by molar-refractivity contribution is -0.115. The molecule has 116 valence electrons. The molecule has 0 aliphatic carbocycles. The van der Waals surface area contributed by atoms with E-state index in [0.717, 1.165) is 11.8 Å². The lowest BCUT2D eigenvalue weighted by atomic mass is 10.2. The highest BCUT2D eigenvalue weighted by atomic mass is 35.5. The van der Waals surface area contributed by atoms with Gasteiger partial charge >= 0.3 is 0 Å². The van der Waals surface area contributed by atoms with Gasteiger partial charge < -0.3 is 9.47 Å².